The van der Waals surface area contributed by atoms with Crippen LogP contribution < -0.4 is 5.32 Å². The van der Waals surface area contributed by atoms with Crippen LogP contribution in [0.5, 0.6) is 0 Å². The fraction of sp³-hybridized carbons (Fsp3) is 0.591. The third-order valence-electron chi connectivity index (χ3n) is 4.84. The van der Waals surface area contributed by atoms with Gasteiger partial charge in [-0.2, -0.15) is 16.8 Å². The molecule has 0 radical (unpaired) electrons. The Morgan fingerprint density at radius 2 is 1.84 bits per heavy atom. The average Bonchev–Trinajstić information content (AvgIpc) is 3.30. The van der Waals surface area contributed by atoms with Gasteiger partial charge in [-0.25, -0.2) is 9.59 Å². The number of esters is 1. The van der Waals surface area contributed by atoms with Crippen molar-refractivity contribution in [3.63, 3.8) is 0 Å². The molecule has 2 aliphatic rings. The van der Waals surface area contributed by atoms with Crippen LogP contribution in [0.3, 0.4) is 0 Å². The second-order valence-corrected chi connectivity index (χ2v) is 11.0. The second kappa shape index (κ2) is 11.3. The Kier molecular flexibility index (Phi) is 8.72. The number of amides is 2. The van der Waals surface area contributed by atoms with E-state index in [4.69, 9.17) is 9.57 Å². The van der Waals surface area contributed by atoms with Gasteiger partial charge in [-0.05, 0) is 26.3 Å². The number of hydroxylamine groups is 2. The van der Waals surface area contributed by atoms with Gasteiger partial charge in [0.25, 0.3) is 5.91 Å². The van der Waals surface area contributed by atoms with Gasteiger partial charge in [0, 0.05) is 43.3 Å². The molecule has 2 heterocycles. The quantitative estimate of drug-likeness (QED) is 0.507. The Labute approximate surface area is 197 Å². The van der Waals surface area contributed by atoms with Crippen LogP contribution in [0.1, 0.15) is 26.3 Å². The summed E-state index contributed by atoms with van der Waals surface area (Å²) >= 11 is 3.19. The van der Waals surface area contributed by atoms with Crippen LogP contribution in [0.2, 0.25) is 0 Å². The molecule has 1 aromatic rings. The maximum atomic E-state index is 13.4. The summed E-state index contributed by atoms with van der Waals surface area (Å²) in [6.07, 6.45) is -0.453. The molecule has 3 rings (SSSR count). The first-order chi connectivity index (χ1) is 15.2. The molecule has 2 atom stereocenters. The predicted octanol–water partition coefficient (Wildman–Crippen LogP) is 2.53. The van der Waals surface area contributed by atoms with E-state index in [-0.39, 0.29) is 6.42 Å². The molecule has 0 bridgehead atoms. The maximum absolute atomic E-state index is 13.4. The fourth-order valence-corrected chi connectivity index (χ4v) is 5.18. The van der Waals surface area contributed by atoms with Crippen molar-refractivity contribution < 1.29 is 24.0 Å². The Balaban J connectivity index is 1.89. The molecule has 2 fully saturated rings. The number of ether oxygens (including phenoxy) is 1. The molecule has 2 saturated heterocycles. The predicted molar refractivity (Wildman–Crippen MR) is 126 cm³/mol. The number of nitrogens with zero attached hydrogens (tertiary/aromatic N) is 2. The normalized spacial score (nSPS) is 19.8. The number of rotatable bonds is 5. The zero-order valence-corrected chi connectivity index (χ0v) is 20.4. The van der Waals surface area contributed by atoms with Crippen molar-refractivity contribution in [3.8, 4) is 0 Å². The molecule has 176 valence electrons. The van der Waals surface area contributed by atoms with E-state index < -0.39 is 35.0 Å². The fourth-order valence-electron chi connectivity index (χ4n) is 3.32. The Bertz CT molecular complexity index is 791. The first-order valence-electron chi connectivity index (χ1n) is 10.7. The van der Waals surface area contributed by atoms with Crippen molar-refractivity contribution in [3.05, 3.63) is 35.9 Å². The van der Waals surface area contributed by atoms with E-state index in [2.05, 4.69) is 5.32 Å². The highest BCUT2D eigenvalue weighted by Gasteiger charge is 2.41. The van der Waals surface area contributed by atoms with Gasteiger partial charge in [0.15, 0.2) is 6.04 Å². The van der Waals surface area contributed by atoms with E-state index in [9.17, 15) is 14.4 Å². The smallest absolute Gasteiger partial charge is 0.434 e. The van der Waals surface area contributed by atoms with Crippen LogP contribution in [0.15, 0.2) is 30.3 Å². The van der Waals surface area contributed by atoms with Crippen LogP contribution in [0, 0.1) is 0 Å². The summed E-state index contributed by atoms with van der Waals surface area (Å²) in [5.41, 5.74) is 0.0773. The van der Waals surface area contributed by atoms with Crippen molar-refractivity contribution in [2.24, 2.45) is 0 Å². The minimum absolute atomic E-state index is 0.169. The summed E-state index contributed by atoms with van der Waals surface area (Å²) in [4.78, 5) is 46.8. The summed E-state index contributed by atoms with van der Waals surface area (Å²) in [7, 11) is 0. The number of nitrogens with one attached hydrogen (secondary N) is 1. The van der Waals surface area contributed by atoms with Crippen molar-refractivity contribution in [2.75, 3.05) is 36.9 Å². The number of benzene rings is 1. The summed E-state index contributed by atoms with van der Waals surface area (Å²) < 4.78 is 5.62. The van der Waals surface area contributed by atoms with Gasteiger partial charge in [-0.1, -0.05) is 30.3 Å². The Morgan fingerprint density at radius 3 is 2.44 bits per heavy atom. The zero-order chi connectivity index (χ0) is 23.1. The van der Waals surface area contributed by atoms with Gasteiger partial charge < -0.3 is 14.5 Å². The molecule has 32 heavy (non-hydrogen) atoms. The maximum Gasteiger partial charge on any atom is 0.434 e. The zero-order valence-electron chi connectivity index (χ0n) is 18.7. The topological polar surface area (TPSA) is 88.2 Å². The molecule has 1 aromatic carbocycles. The van der Waals surface area contributed by atoms with Crippen molar-refractivity contribution >= 4 is 41.5 Å². The van der Waals surface area contributed by atoms with Gasteiger partial charge in [0.2, 0.25) is 0 Å². The Morgan fingerprint density at radius 1 is 1.16 bits per heavy atom. The summed E-state index contributed by atoms with van der Waals surface area (Å²) in [6.45, 7) is 7.05. The first-order valence-corrected chi connectivity index (χ1v) is 12.9. The molecular weight excluding hydrogens is 450 g/mol. The third-order valence-corrected chi connectivity index (χ3v) is 6.92. The van der Waals surface area contributed by atoms with Crippen LogP contribution >= 0.6 is 23.5 Å². The monoisotopic (exact) mass is 481 g/mol. The third kappa shape index (κ3) is 7.05. The molecule has 0 spiro atoms. The molecule has 0 aliphatic carbocycles. The van der Waals surface area contributed by atoms with Gasteiger partial charge in [0.1, 0.15) is 11.0 Å². The average molecular weight is 482 g/mol. The molecule has 0 saturated carbocycles. The highest BCUT2D eigenvalue weighted by Crippen LogP contribution is 2.23. The molecular formula is C22H31N3O5S2. The molecule has 1 N–H and O–H groups in total. The van der Waals surface area contributed by atoms with Gasteiger partial charge in [-0.3, -0.25) is 10.1 Å². The van der Waals surface area contributed by atoms with Crippen LogP contribution in [0.25, 0.3) is 0 Å². The minimum atomic E-state index is -1.10. The van der Waals surface area contributed by atoms with E-state index in [1.807, 2.05) is 30.3 Å². The minimum Gasteiger partial charge on any atom is -0.458 e. The van der Waals surface area contributed by atoms with E-state index in [0.29, 0.717) is 19.6 Å². The Hall–Kier alpha value is -1.91. The second-order valence-electron chi connectivity index (χ2n) is 8.56. The first kappa shape index (κ1) is 24.7. The summed E-state index contributed by atoms with van der Waals surface area (Å²) in [5, 5.41) is 3.47. The largest absolute Gasteiger partial charge is 0.458 e. The standard InChI is InChI=1S/C22H31N3O5S2/c1-22(2,3)29-20(27)17(15-16-7-5-4-6-8-16)25(19(26)18-23-9-12-32-18)30-21(28)24-10-13-31-14-11-24/h4-8,17-18,23H,9-15H2,1-3H3/t17-,18-/m0/s1. The lowest BCUT2D eigenvalue weighted by Gasteiger charge is -2.34. The summed E-state index contributed by atoms with van der Waals surface area (Å²) in [6, 6.07) is 8.23. The number of thioether (sulfide) groups is 2. The van der Waals surface area contributed by atoms with Gasteiger partial charge in [0.05, 0.1) is 0 Å². The highest BCUT2D eigenvalue weighted by molar-refractivity contribution is 8.00. The van der Waals surface area contributed by atoms with Crippen LogP contribution in [-0.4, -0.2) is 81.8 Å². The van der Waals surface area contributed by atoms with Gasteiger partial charge >= 0.3 is 12.1 Å². The van der Waals surface area contributed by atoms with E-state index in [1.165, 1.54) is 11.8 Å². The van der Waals surface area contributed by atoms with Crippen LogP contribution in [0.4, 0.5) is 4.79 Å². The number of carbonyl (C=O) groups excluding carboxylic acids is 3. The van der Waals surface area contributed by atoms with E-state index in [0.717, 1.165) is 27.9 Å². The molecule has 10 heteroatoms. The number of carbonyl (C=O) groups is 3. The van der Waals surface area contributed by atoms with E-state index in [1.54, 1.807) is 37.4 Å². The molecule has 2 aliphatic heterocycles. The lowest BCUT2D eigenvalue weighted by Crippen LogP contribution is -2.55. The van der Waals surface area contributed by atoms with Crippen molar-refractivity contribution in [1.29, 1.82) is 0 Å². The lowest BCUT2D eigenvalue weighted by atomic mass is 10.1. The number of hydrogen-bond acceptors (Lipinski definition) is 8. The molecule has 2 amide bonds. The van der Waals surface area contributed by atoms with Crippen molar-refractivity contribution in [2.45, 2.75) is 44.2 Å². The van der Waals surface area contributed by atoms with Crippen LogP contribution in [-0.2, 0) is 25.6 Å². The highest BCUT2D eigenvalue weighted by atomic mass is 32.2. The van der Waals surface area contributed by atoms with Gasteiger partial charge in [-0.15, -0.1) is 11.8 Å². The number of hydrogen-bond donors (Lipinski definition) is 1. The summed E-state index contributed by atoms with van der Waals surface area (Å²) in [5.74, 6) is 1.31. The SMILES string of the molecule is CC(C)(C)OC(=O)[C@H](Cc1ccccc1)N(OC(=O)N1CCSCC1)C(=O)[C@H]1NCCS1. The van der Waals surface area contributed by atoms with Crippen molar-refractivity contribution in [1.82, 2.24) is 15.3 Å². The molecule has 0 unspecified atom stereocenters. The lowest BCUT2D eigenvalue weighted by molar-refractivity contribution is -0.195. The molecule has 8 nitrogen and oxygen atoms in total. The molecule has 0 aromatic heterocycles. The van der Waals surface area contributed by atoms with E-state index >= 15 is 0 Å².